The highest BCUT2D eigenvalue weighted by Gasteiger charge is 2.01. The minimum Gasteiger partial charge on any atom is -0.189 e. The first-order valence-electron chi connectivity index (χ1n) is 3.46. The van der Waals surface area contributed by atoms with Crippen LogP contribution in [0.4, 0.5) is 0 Å². The van der Waals surface area contributed by atoms with Gasteiger partial charge in [-0.2, -0.15) is 10.2 Å². The second-order valence-corrected chi connectivity index (χ2v) is 2.28. The molecule has 2 nitrogen and oxygen atoms in total. The lowest BCUT2D eigenvalue weighted by Crippen LogP contribution is -1.94. The Morgan fingerprint density at radius 3 is 3.33 bits per heavy atom. The van der Waals surface area contributed by atoms with Crippen molar-refractivity contribution in [2.75, 3.05) is 6.54 Å². The van der Waals surface area contributed by atoms with Crippen LogP contribution in [0.3, 0.4) is 0 Å². The number of hydrogen-bond acceptors (Lipinski definition) is 2. The van der Waals surface area contributed by atoms with Gasteiger partial charge in [-0.05, 0) is 18.8 Å². The molecule has 0 spiro atoms. The van der Waals surface area contributed by atoms with E-state index in [0.29, 0.717) is 5.92 Å². The summed E-state index contributed by atoms with van der Waals surface area (Å²) in [4.78, 5) is 0. The largest absolute Gasteiger partial charge is 0.189 e. The topological polar surface area (TPSA) is 24.7 Å². The molecule has 1 unspecified atom stereocenters. The maximum absolute atomic E-state index is 3.91. The normalized spacial score (nSPS) is 26.1. The molecule has 1 atom stereocenters. The van der Waals surface area contributed by atoms with Crippen LogP contribution >= 0.6 is 0 Å². The zero-order chi connectivity index (χ0) is 6.53. The minimum atomic E-state index is 0.708. The summed E-state index contributed by atoms with van der Waals surface area (Å²) in [7, 11) is 0. The third-order valence-electron chi connectivity index (χ3n) is 1.63. The van der Waals surface area contributed by atoms with Gasteiger partial charge >= 0.3 is 0 Å². The van der Waals surface area contributed by atoms with E-state index in [4.69, 9.17) is 0 Å². The van der Waals surface area contributed by atoms with Gasteiger partial charge in [-0.15, -0.1) is 0 Å². The van der Waals surface area contributed by atoms with Crippen LogP contribution in [0.1, 0.15) is 19.8 Å². The van der Waals surface area contributed by atoms with E-state index in [1.54, 1.807) is 6.20 Å². The Morgan fingerprint density at radius 2 is 2.56 bits per heavy atom. The molecule has 50 valence electrons. The van der Waals surface area contributed by atoms with Gasteiger partial charge in [-0.1, -0.05) is 13.0 Å². The fraction of sp³-hybridized carbons (Fsp3) is 0.714. The van der Waals surface area contributed by atoms with Crippen LogP contribution in [0.5, 0.6) is 0 Å². The van der Waals surface area contributed by atoms with Crippen LogP contribution in [0.25, 0.3) is 0 Å². The summed E-state index contributed by atoms with van der Waals surface area (Å²) >= 11 is 0. The van der Waals surface area contributed by atoms with Gasteiger partial charge in [0.25, 0.3) is 0 Å². The lowest BCUT2D eigenvalue weighted by molar-refractivity contribution is 0.584. The fourth-order valence-corrected chi connectivity index (χ4v) is 0.925. The lowest BCUT2D eigenvalue weighted by atomic mass is 10.0. The third kappa shape index (κ3) is 1.96. The Kier molecular flexibility index (Phi) is 2.43. The number of allylic oxidation sites excluding steroid dienone is 1. The van der Waals surface area contributed by atoms with E-state index < -0.39 is 0 Å². The van der Waals surface area contributed by atoms with Gasteiger partial charge in [-0.3, -0.25) is 0 Å². The van der Waals surface area contributed by atoms with Crippen LogP contribution < -0.4 is 0 Å². The number of nitrogens with zero attached hydrogens (tertiary/aromatic N) is 2. The smallest absolute Gasteiger partial charge is 0.0608 e. The van der Waals surface area contributed by atoms with Crippen molar-refractivity contribution in [3.05, 3.63) is 12.3 Å². The predicted molar refractivity (Wildman–Crippen MR) is 37.3 cm³/mol. The van der Waals surface area contributed by atoms with E-state index in [-0.39, 0.29) is 0 Å². The Morgan fingerprint density at radius 1 is 1.67 bits per heavy atom. The van der Waals surface area contributed by atoms with Gasteiger partial charge in [0.1, 0.15) is 0 Å². The summed E-state index contributed by atoms with van der Waals surface area (Å²) in [5.74, 6) is 0.708. The molecular formula is C7H12N2. The van der Waals surface area contributed by atoms with Crippen LogP contribution in [-0.2, 0) is 0 Å². The summed E-state index contributed by atoms with van der Waals surface area (Å²) in [6.07, 6.45) is 6.32. The van der Waals surface area contributed by atoms with Crippen LogP contribution in [0, 0.1) is 5.92 Å². The molecule has 0 aromatic heterocycles. The van der Waals surface area contributed by atoms with Gasteiger partial charge in [-0.25, -0.2) is 0 Å². The molecule has 0 aromatic rings. The Bertz CT molecular complexity index is 127. The summed E-state index contributed by atoms with van der Waals surface area (Å²) in [6, 6.07) is 0. The molecule has 0 aromatic carbocycles. The lowest BCUT2D eigenvalue weighted by Gasteiger charge is -2.02. The highest BCUT2D eigenvalue weighted by atomic mass is 15.1. The summed E-state index contributed by atoms with van der Waals surface area (Å²) in [5, 5.41) is 7.72. The standard InChI is InChI=1S/C7H12N2/c1-2-7-3-5-8-9-6-4-7/h3,5,7H,2,4,6H2,1H3. The molecule has 0 radical (unpaired) electrons. The van der Waals surface area contributed by atoms with Gasteiger partial charge < -0.3 is 0 Å². The SMILES string of the molecule is CCC1C=CN=NCC1. The van der Waals surface area contributed by atoms with E-state index in [1.165, 1.54) is 6.42 Å². The van der Waals surface area contributed by atoms with Crippen molar-refractivity contribution in [1.82, 2.24) is 0 Å². The quantitative estimate of drug-likeness (QED) is 0.512. The highest BCUT2D eigenvalue weighted by Crippen LogP contribution is 2.12. The second kappa shape index (κ2) is 3.38. The van der Waals surface area contributed by atoms with E-state index >= 15 is 0 Å². The molecule has 0 N–H and O–H groups in total. The number of rotatable bonds is 1. The first kappa shape index (κ1) is 6.46. The second-order valence-electron chi connectivity index (χ2n) is 2.28. The van der Waals surface area contributed by atoms with E-state index in [1.807, 2.05) is 0 Å². The van der Waals surface area contributed by atoms with Gasteiger partial charge in [0, 0.05) is 6.20 Å². The van der Waals surface area contributed by atoms with Crippen molar-refractivity contribution in [3.8, 4) is 0 Å². The van der Waals surface area contributed by atoms with Crippen molar-refractivity contribution in [1.29, 1.82) is 0 Å². The monoisotopic (exact) mass is 124 g/mol. The van der Waals surface area contributed by atoms with Crippen molar-refractivity contribution < 1.29 is 0 Å². The molecule has 0 saturated heterocycles. The Hall–Kier alpha value is -0.660. The minimum absolute atomic E-state index is 0.708. The van der Waals surface area contributed by atoms with Crippen molar-refractivity contribution in [2.24, 2.45) is 16.1 Å². The molecular weight excluding hydrogens is 112 g/mol. The van der Waals surface area contributed by atoms with Crippen molar-refractivity contribution in [2.45, 2.75) is 19.8 Å². The average molecular weight is 124 g/mol. The van der Waals surface area contributed by atoms with Gasteiger partial charge in [0.2, 0.25) is 0 Å². The van der Waals surface area contributed by atoms with E-state index in [0.717, 1.165) is 13.0 Å². The molecule has 0 fully saturated rings. The van der Waals surface area contributed by atoms with Crippen LogP contribution in [-0.4, -0.2) is 6.54 Å². The summed E-state index contributed by atoms with van der Waals surface area (Å²) < 4.78 is 0. The first-order chi connectivity index (χ1) is 4.43. The third-order valence-corrected chi connectivity index (χ3v) is 1.63. The molecule has 0 bridgehead atoms. The zero-order valence-corrected chi connectivity index (χ0v) is 5.75. The molecule has 9 heavy (non-hydrogen) atoms. The van der Waals surface area contributed by atoms with Gasteiger partial charge in [0.05, 0.1) is 6.54 Å². The Balaban J connectivity index is 2.41. The molecule has 0 aliphatic carbocycles. The van der Waals surface area contributed by atoms with Crippen molar-refractivity contribution in [3.63, 3.8) is 0 Å². The highest BCUT2D eigenvalue weighted by molar-refractivity contribution is 4.87. The maximum atomic E-state index is 3.91. The molecule has 2 heteroatoms. The number of azo groups is 1. The van der Waals surface area contributed by atoms with Crippen LogP contribution in [0.15, 0.2) is 22.5 Å². The molecule has 1 aliphatic heterocycles. The molecule has 1 rings (SSSR count). The predicted octanol–water partition coefficient (Wildman–Crippen LogP) is 2.38. The molecule has 0 saturated carbocycles. The summed E-state index contributed by atoms with van der Waals surface area (Å²) in [5.41, 5.74) is 0. The van der Waals surface area contributed by atoms with E-state index in [2.05, 4.69) is 23.2 Å². The summed E-state index contributed by atoms with van der Waals surface area (Å²) in [6.45, 7) is 3.09. The first-order valence-corrected chi connectivity index (χ1v) is 3.46. The van der Waals surface area contributed by atoms with Gasteiger partial charge in [0.15, 0.2) is 0 Å². The van der Waals surface area contributed by atoms with E-state index in [9.17, 15) is 0 Å². The zero-order valence-electron chi connectivity index (χ0n) is 5.75. The molecule has 0 amide bonds. The average Bonchev–Trinajstić information content (AvgIpc) is 2.13. The van der Waals surface area contributed by atoms with Crippen molar-refractivity contribution >= 4 is 0 Å². The van der Waals surface area contributed by atoms with Crippen LogP contribution in [0.2, 0.25) is 0 Å². The maximum Gasteiger partial charge on any atom is 0.0608 e. The fourth-order valence-electron chi connectivity index (χ4n) is 0.925. The molecule has 1 heterocycles. The number of hydrogen-bond donors (Lipinski definition) is 0. The Labute approximate surface area is 55.7 Å². The molecule has 1 aliphatic rings.